The van der Waals surface area contributed by atoms with E-state index in [1.807, 2.05) is 86.6 Å². The van der Waals surface area contributed by atoms with Crippen molar-refractivity contribution in [3.05, 3.63) is 82.8 Å². The Bertz CT molecular complexity index is 1360. The maximum Gasteiger partial charge on any atom is 0.269 e. The van der Waals surface area contributed by atoms with Crippen molar-refractivity contribution in [3.8, 4) is 17.0 Å². The number of benzene rings is 3. The Hall–Kier alpha value is -2.61. The summed E-state index contributed by atoms with van der Waals surface area (Å²) in [4.78, 5) is 2.24. The summed E-state index contributed by atoms with van der Waals surface area (Å²) in [7, 11) is 0.0197. The van der Waals surface area contributed by atoms with Crippen LogP contribution in [0.15, 0.2) is 82.2 Å². The molecule has 0 atom stereocenters. The summed E-state index contributed by atoms with van der Waals surface area (Å²) >= 11 is 3.46. The summed E-state index contributed by atoms with van der Waals surface area (Å²) in [5.74, 6) is 0.570. The second-order valence-corrected chi connectivity index (χ2v) is 10.5. The first-order chi connectivity index (χ1) is 15.3. The van der Waals surface area contributed by atoms with E-state index in [2.05, 4.69) is 15.9 Å². The second-order valence-electron chi connectivity index (χ2n) is 7.92. The van der Waals surface area contributed by atoms with Gasteiger partial charge in [0.15, 0.2) is 5.75 Å². The van der Waals surface area contributed by atoms with Crippen LogP contribution in [0.2, 0.25) is 0 Å². The van der Waals surface area contributed by atoms with Gasteiger partial charge in [-0.05, 0) is 66.8 Å². The molecule has 0 N–H and O–H groups in total. The molecule has 0 unspecified atom stereocenters. The molecule has 166 valence electrons. The van der Waals surface area contributed by atoms with Gasteiger partial charge in [0.05, 0.1) is 5.52 Å². The average molecular weight is 513 g/mol. The van der Waals surface area contributed by atoms with Crippen LogP contribution in [0, 0.1) is 6.92 Å². The Morgan fingerprint density at radius 3 is 2.34 bits per heavy atom. The van der Waals surface area contributed by atoms with Gasteiger partial charge in [-0.25, -0.2) is 12.4 Å². The van der Waals surface area contributed by atoms with E-state index in [4.69, 9.17) is 4.74 Å². The predicted molar refractivity (Wildman–Crippen MR) is 133 cm³/mol. The summed E-state index contributed by atoms with van der Waals surface area (Å²) in [5, 5.41) is 0.761. The predicted octanol–water partition coefficient (Wildman–Crippen LogP) is 5.56. The van der Waals surface area contributed by atoms with Gasteiger partial charge in [0.2, 0.25) is 0 Å². The zero-order valence-corrected chi connectivity index (χ0v) is 20.7. The van der Waals surface area contributed by atoms with E-state index in [1.165, 1.54) is 3.97 Å². The molecule has 1 aromatic heterocycles. The number of fused-ring (bicyclic) bond motifs is 1. The molecule has 0 radical (unpaired) electrons. The highest BCUT2D eigenvalue weighted by Crippen LogP contribution is 2.43. The minimum atomic E-state index is -3.93. The maximum absolute atomic E-state index is 14.0. The van der Waals surface area contributed by atoms with Gasteiger partial charge in [0.1, 0.15) is 17.2 Å². The van der Waals surface area contributed by atoms with Crippen molar-refractivity contribution in [1.29, 1.82) is 0 Å². The smallest absolute Gasteiger partial charge is 0.269 e. The van der Waals surface area contributed by atoms with E-state index in [0.29, 0.717) is 34.6 Å². The van der Waals surface area contributed by atoms with Gasteiger partial charge < -0.3 is 9.64 Å². The Balaban J connectivity index is 2.04. The summed E-state index contributed by atoms with van der Waals surface area (Å²) in [6, 6.07) is 22.3. The van der Waals surface area contributed by atoms with Crippen LogP contribution in [-0.4, -0.2) is 44.5 Å². The lowest BCUT2D eigenvalue weighted by Crippen LogP contribution is -2.20. The van der Waals surface area contributed by atoms with Crippen molar-refractivity contribution in [2.24, 2.45) is 0 Å². The van der Waals surface area contributed by atoms with Crippen LogP contribution in [0.3, 0.4) is 0 Å². The van der Waals surface area contributed by atoms with Crippen molar-refractivity contribution < 1.29 is 13.2 Å². The highest BCUT2D eigenvalue weighted by molar-refractivity contribution is 9.10. The largest absolute Gasteiger partial charge is 0.489 e. The van der Waals surface area contributed by atoms with Crippen molar-refractivity contribution in [3.63, 3.8) is 0 Å². The fourth-order valence-corrected chi connectivity index (χ4v) is 6.36. The molecule has 0 amide bonds. The van der Waals surface area contributed by atoms with Gasteiger partial charge in [-0.15, -0.1) is 0 Å². The monoisotopic (exact) mass is 512 g/mol. The fraction of sp³-hybridized carbons (Fsp3) is 0.200. The average Bonchev–Trinajstić information content (AvgIpc) is 3.09. The third-order valence-corrected chi connectivity index (χ3v) is 7.91. The van der Waals surface area contributed by atoms with Gasteiger partial charge in [0.25, 0.3) is 10.0 Å². The number of hydrogen-bond acceptors (Lipinski definition) is 4. The van der Waals surface area contributed by atoms with E-state index in [1.54, 1.807) is 12.1 Å². The molecule has 0 saturated carbocycles. The van der Waals surface area contributed by atoms with Crippen LogP contribution < -0.4 is 4.74 Å². The van der Waals surface area contributed by atoms with Crippen LogP contribution in [0.5, 0.6) is 5.75 Å². The number of halogens is 1. The van der Waals surface area contributed by atoms with Gasteiger partial charge in [0, 0.05) is 22.0 Å². The van der Waals surface area contributed by atoms with Crippen LogP contribution >= 0.6 is 15.9 Å². The highest BCUT2D eigenvalue weighted by Gasteiger charge is 2.30. The lowest BCUT2D eigenvalue weighted by atomic mass is 10.1. The van der Waals surface area contributed by atoms with E-state index >= 15 is 0 Å². The summed E-state index contributed by atoms with van der Waals surface area (Å²) in [6.07, 6.45) is 0. The van der Waals surface area contributed by atoms with E-state index in [-0.39, 0.29) is 4.90 Å². The van der Waals surface area contributed by atoms with E-state index < -0.39 is 10.0 Å². The second kappa shape index (κ2) is 9.10. The van der Waals surface area contributed by atoms with Crippen LogP contribution in [-0.2, 0) is 10.0 Å². The molecule has 32 heavy (non-hydrogen) atoms. The maximum atomic E-state index is 14.0. The van der Waals surface area contributed by atoms with Gasteiger partial charge in [-0.1, -0.05) is 48.5 Å². The Morgan fingerprint density at radius 1 is 0.969 bits per heavy atom. The normalized spacial score (nSPS) is 11.9. The molecule has 1 heterocycles. The lowest BCUT2D eigenvalue weighted by Gasteiger charge is -2.16. The van der Waals surface area contributed by atoms with Crippen molar-refractivity contribution >= 4 is 36.9 Å². The summed E-state index contributed by atoms with van der Waals surface area (Å²) in [5.41, 5.74) is 2.86. The van der Waals surface area contributed by atoms with Crippen LogP contribution in [0.1, 0.15) is 5.56 Å². The minimum absolute atomic E-state index is 0.209. The quantitative estimate of drug-likeness (QED) is 0.325. The zero-order chi connectivity index (χ0) is 22.9. The number of para-hydroxylation sites is 1. The molecule has 0 spiro atoms. The molecule has 5 nitrogen and oxygen atoms in total. The molecule has 0 fully saturated rings. The van der Waals surface area contributed by atoms with E-state index in [0.717, 1.165) is 16.5 Å². The number of rotatable bonds is 7. The molecule has 0 aliphatic heterocycles. The van der Waals surface area contributed by atoms with Crippen LogP contribution in [0.4, 0.5) is 0 Å². The Morgan fingerprint density at radius 2 is 1.66 bits per heavy atom. The number of aryl methyl sites for hydroxylation is 1. The Labute approximate surface area is 197 Å². The Kier molecular flexibility index (Phi) is 6.42. The topological polar surface area (TPSA) is 51.5 Å². The SMILES string of the molecule is Cc1ccc(S(=O)(=O)n2c(-c3ccccc3)c(OCCN(C)C)c3ccccc32)c(Br)c1. The first kappa shape index (κ1) is 22.6. The number of likely N-dealkylation sites (N-methyl/N-ethyl adjacent to an activating group) is 1. The zero-order valence-electron chi connectivity index (χ0n) is 18.2. The standard InChI is InChI=1S/C25H25BrN2O3S/c1-18-13-14-23(21(26)17-18)32(29,30)28-22-12-8-7-11-20(22)25(31-16-15-27(2)3)24(28)19-9-5-4-6-10-19/h4-14,17H,15-16H2,1-3H3. The van der Waals surface area contributed by atoms with Crippen LogP contribution in [0.25, 0.3) is 22.2 Å². The lowest BCUT2D eigenvalue weighted by molar-refractivity contribution is 0.264. The molecule has 4 rings (SSSR count). The van der Waals surface area contributed by atoms with E-state index in [9.17, 15) is 8.42 Å². The molecule has 7 heteroatoms. The highest BCUT2D eigenvalue weighted by atomic mass is 79.9. The molecule has 0 bridgehead atoms. The van der Waals surface area contributed by atoms with Crippen molar-refractivity contribution in [1.82, 2.24) is 8.87 Å². The molecule has 0 aliphatic rings. The molecule has 0 aliphatic carbocycles. The first-order valence-corrected chi connectivity index (χ1v) is 12.5. The first-order valence-electron chi connectivity index (χ1n) is 10.3. The van der Waals surface area contributed by atoms with Gasteiger partial charge >= 0.3 is 0 Å². The number of hydrogen-bond donors (Lipinski definition) is 0. The fourth-order valence-electron chi connectivity index (χ4n) is 3.67. The number of aromatic nitrogens is 1. The summed E-state index contributed by atoms with van der Waals surface area (Å²) in [6.45, 7) is 3.08. The molecule has 4 aromatic rings. The van der Waals surface area contributed by atoms with Gasteiger partial charge in [-0.2, -0.15) is 0 Å². The molecular weight excluding hydrogens is 488 g/mol. The van der Waals surface area contributed by atoms with Gasteiger partial charge in [-0.3, -0.25) is 0 Å². The molecular formula is C25H25BrN2O3S. The number of ether oxygens (including phenoxy) is 1. The summed E-state index contributed by atoms with van der Waals surface area (Å²) < 4.78 is 36.3. The molecule has 3 aromatic carbocycles. The minimum Gasteiger partial charge on any atom is -0.489 e. The van der Waals surface area contributed by atoms with Crippen molar-refractivity contribution in [2.75, 3.05) is 27.2 Å². The third kappa shape index (κ3) is 4.20. The van der Waals surface area contributed by atoms with Crippen molar-refractivity contribution in [2.45, 2.75) is 11.8 Å². The molecule has 0 saturated heterocycles. The third-order valence-electron chi connectivity index (χ3n) is 5.22. The number of nitrogens with zero attached hydrogens (tertiary/aromatic N) is 2.